The zero-order valence-electron chi connectivity index (χ0n) is 14.8. The Morgan fingerprint density at radius 3 is 2.58 bits per heavy atom. The molecule has 132 valence electrons. The van der Waals surface area contributed by atoms with E-state index in [4.69, 9.17) is 0 Å². The first-order valence-corrected chi connectivity index (χ1v) is 8.67. The number of phenolic OH excluding ortho intramolecular Hbond substituents is 1. The molecule has 1 aromatic carbocycles. The van der Waals surface area contributed by atoms with Gasteiger partial charge in [-0.2, -0.15) is 0 Å². The van der Waals surface area contributed by atoms with Crippen molar-refractivity contribution in [2.45, 2.75) is 52.1 Å². The minimum absolute atomic E-state index is 0.0884. The lowest BCUT2D eigenvalue weighted by Crippen LogP contribution is -2.13. The zero-order valence-corrected chi connectivity index (χ0v) is 14.8. The molecule has 0 fully saturated rings. The average Bonchev–Trinajstić information content (AvgIpc) is 2.56. The van der Waals surface area contributed by atoms with Crippen LogP contribution >= 0.6 is 0 Å². The van der Waals surface area contributed by atoms with E-state index in [0.29, 0.717) is 6.42 Å². The van der Waals surface area contributed by atoms with Gasteiger partial charge in [-0.25, -0.2) is 0 Å². The Balaban J connectivity index is 2.76. The summed E-state index contributed by atoms with van der Waals surface area (Å²) in [5, 5.41) is 29.2. The number of rotatable bonds is 10. The molecule has 1 aromatic rings. The van der Waals surface area contributed by atoms with Gasteiger partial charge in [0, 0.05) is 0 Å². The van der Waals surface area contributed by atoms with Crippen molar-refractivity contribution in [2.75, 3.05) is 6.61 Å². The number of allylic oxidation sites excluding steroid dienone is 1. The van der Waals surface area contributed by atoms with Crippen LogP contribution in [0.5, 0.6) is 5.75 Å². The molecule has 0 aromatic heterocycles. The van der Waals surface area contributed by atoms with Crippen molar-refractivity contribution >= 4 is 6.08 Å². The molecule has 3 N–H and O–H groups in total. The number of phenols is 1. The quantitative estimate of drug-likeness (QED) is 0.549. The molecule has 1 atom stereocenters. The molecule has 3 heteroatoms. The fraction of sp³-hybridized carbons (Fsp3) is 0.429. The molecule has 1 unspecified atom stereocenters. The average molecular weight is 330 g/mol. The standard InChI is InChI=1S/C21H30O3/c1-4-7-16(3)20(12-13-22)21(24)11-10-17(5-2)14-18-8-6-9-19(23)15-18/h6,8-9,12,14-15,21-24H,3-5,7,10-11,13H2,1-2H3/b17-14+,20-12-. The van der Waals surface area contributed by atoms with Crippen LogP contribution in [0.4, 0.5) is 0 Å². The summed E-state index contributed by atoms with van der Waals surface area (Å²) in [6, 6.07) is 7.15. The van der Waals surface area contributed by atoms with Gasteiger partial charge in [0.15, 0.2) is 0 Å². The van der Waals surface area contributed by atoms with Crippen LogP contribution in [0.1, 0.15) is 51.5 Å². The van der Waals surface area contributed by atoms with Crippen molar-refractivity contribution in [3.8, 4) is 5.75 Å². The third-order valence-corrected chi connectivity index (χ3v) is 4.06. The van der Waals surface area contributed by atoms with Gasteiger partial charge in [0.1, 0.15) is 5.75 Å². The summed E-state index contributed by atoms with van der Waals surface area (Å²) in [5.41, 5.74) is 3.83. The minimum Gasteiger partial charge on any atom is -0.508 e. The third kappa shape index (κ3) is 6.73. The monoisotopic (exact) mass is 330 g/mol. The van der Waals surface area contributed by atoms with Crippen molar-refractivity contribution in [1.29, 1.82) is 0 Å². The second-order valence-electron chi connectivity index (χ2n) is 6.00. The molecule has 0 amide bonds. The topological polar surface area (TPSA) is 60.7 Å². The Hall–Kier alpha value is -1.84. The highest BCUT2D eigenvalue weighted by molar-refractivity contribution is 5.54. The third-order valence-electron chi connectivity index (χ3n) is 4.06. The van der Waals surface area contributed by atoms with Crippen molar-refractivity contribution in [3.05, 3.63) is 59.2 Å². The molecule has 0 aliphatic heterocycles. The van der Waals surface area contributed by atoms with Crippen LogP contribution in [0.3, 0.4) is 0 Å². The molecule has 24 heavy (non-hydrogen) atoms. The maximum Gasteiger partial charge on any atom is 0.116 e. The Kier molecular flexibility index (Phi) is 9.13. The molecule has 1 rings (SSSR count). The first-order valence-electron chi connectivity index (χ1n) is 8.67. The lowest BCUT2D eigenvalue weighted by atomic mass is 9.93. The molecular weight excluding hydrogens is 300 g/mol. The van der Waals surface area contributed by atoms with Crippen LogP contribution in [-0.4, -0.2) is 28.0 Å². The zero-order chi connectivity index (χ0) is 17.9. The molecule has 0 aliphatic carbocycles. The smallest absolute Gasteiger partial charge is 0.116 e. The van der Waals surface area contributed by atoms with Gasteiger partial charge in [-0.1, -0.05) is 56.7 Å². The van der Waals surface area contributed by atoms with Gasteiger partial charge >= 0.3 is 0 Å². The SMILES string of the molecule is C=C(CCC)/C(=C/CO)C(O)CC/C(=C/c1cccc(O)c1)CC. The molecule has 0 heterocycles. The first kappa shape index (κ1) is 20.2. The highest BCUT2D eigenvalue weighted by atomic mass is 16.3. The Labute approximate surface area is 145 Å². The number of aliphatic hydroxyl groups excluding tert-OH is 2. The Morgan fingerprint density at radius 2 is 2.00 bits per heavy atom. The van der Waals surface area contributed by atoms with Crippen LogP contribution in [0.15, 0.2) is 53.6 Å². The summed E-state index contributed by atoms with van der Waals surface area (Å²) in [7, 11) is 0. The van der Waals surface area contributed by atoms with E-state index in [2.05, 4.69) is 26.5 Å². The van der Waals surface area contributed by atoms with Crippen molar-refractivity contribution in [2.24, 2.45) is 0 Å². The molecule has 0 saturated carbocycles. The van der Waals surface area contributed by atoms with E-state index in [0.717, 1.165) is 42.4 Å². The lowest BCUT2D eigenvalue weighted by Gasteiger charge is -2.18. The van der Waals surface area contributed by atoms with Crippen LogP contribution in [0.25, 0.3) is 6.08 Å². The molecule has 3 nitrogen and oxygen atoms in total. The van der Waals surface area contributed by atoms with E-state index in [-0.39, 0.29) is 12.4 Å². The number of hydrogen-bond acceptors (Lipinski definition) is 3. The summed E-state index contributed by atoms with van der Waals surface area (Å²) in [6.07, 6.45) is 7.13. The number of benzene rings is 1. The molecular formula is C21H30O3. The number of aromatic hydroxyl groups is 1. The lowest BCUT2D eigenvalue weighted by molar-refractivity contribution is 0.200. The van der Waals surface area contributed by atoms with E-state index in [1.807, 2.05) is 12.1 Å². The molecule has 0 bridgehead atoms. The van der Waals surface area contributed by atoms with E-state index < -0.39 is 6.10 Å². The Bertz CT molecular complexity index is 585. The van der Waals surface area contributed by atoms with Gasteiger partial charge in [0.2, 0.25) is 0 Å². The molecule has 0 saturated heterocycles. The maximum atomic E-state index is 10.5. The highest BCUT2D eigenvalue weighted by Crippen LogP contribution is 2.24. The second kappa shape index (κ2) is 10.8. The first-order chi connectivity index (χ1) is 11.5. The van der Waals surface area contributed by atoms with Gasteiger partial charge in [0.05, 0.1) is 12.7 Å². The summed E-state index contributed by atoms with van der Waals surface area (Å²) < 4.78 is 0. The van der Waals surface area contributed by atoms with E-state index in [1.54, 1.807) is 18.2 Å². The summed E-state index contributed by atoms with van der Waals surface area (Å²) in [4.78, 5) is 0. The van der Waals surface area contributed by atoms with Crippen molar-refractivity contribution < 1.29 is 15.3 Å². The van der Waals surface area contributed by atoms with Crippen molar-refractivity contribution in [1.82, 2.24) is 0 Å². The molecule has 0 aliphatic rings. The molecule has 0 spiro atoms. The second-order valence-corrected chi connectivity index (χ2v) is 6.00. The molecule has 0 radical (unpaired) electrons. The summed E-state index contributed by atoms with van der Waals surface area (Å²) >= 11 is 0. The van der Waals surface area contributed by atoms with Crippen LogP contribution in [-0.2, 0) is 0 Å². The van der Waals surface area contributed by atoms with Gasteiger partial charge < -0.3 is 15.3 Å². The van der Waals surface area contributed by atoms with Crippen molar-refractivity contribution in [3.63, 3.8) is 0 Å². The summed E-state index contributed by atoms with van der Waals surface area (Å²) in [6.45, 7) is 8.09. The predicted molar refractivity (Wildman–Crippen MR) is 101 cm³/mol. The van der Waals surface area contributed by atoms with Gasteiger partial charge in [0.25, 0.3) is 0 Å². The largest absolute Gasteiger partial charge is 0.508 e. The van der Waals surface area contributed by atoms with Crippen LogP contribution in [0.2, 0.25) is 0 Å². The highest BCUT2D eigenvalue weighted by Gasteiger charge is 2.14. The Morgan fingerprint density at radius 1 is 1.25 bits per heavy atom. The van der Waals surface area contributed by atoms with Crippen LogP contribution < -0.4 is 0 Å². The number of hydrogen-bond donors (Lipinski definition) is 3. The fourth-order valence-electron chi connectivity index (χ4n) is 2.74. The van der Waals surface area contributed by atoms with Gasteiger partial charge in [-0.15, -0.1) is 0 Å². The van der Waals surface area contributed by atoms with E-state index >= 15 is 0 Å². The van der Waals surface area contributed by atoms with E-state index in [9.17, 15) is 15.3 Å². The maximum absolute atomic E-state index is 10.5. The minimum atomic E-state index is -0.615. The van der Waals surface area contributed by atoms with Gasteiger partial charge in [-0.3, -0.25) is 0 Å². The van der Waals surface area contributed by atoms with Gasteiger partial charge in [-0.05, 0) is 54.5 Å². The fourth-order valence-corrected chi connectivity index (χ4v) is 2.74. The normalized spacial score (nSPS) is 13.8. The number of aliphatic hydroxyl groups is 2. The predicted octanol–water partition coefficient (Wildman–Crippen LogP) is 4.60. The van der Waals surface area contributed by atoms with E-state index in [1.165, 1.54) is 5.57 Å². The van der Waals surface area contributed by atoms with Crippen LogP contribution in [0, 0.1) is 0 Å². The summed E-state index contributed by atoms with van der Waals surface area (Å²) in [5.74, 6) is 0.253.